The third-order valence-corrected chi connectivity index (χ3v) is 2.87. The van der Waals surface area contributed by atoms with Crippen LogP contribution < -0.4 is 20.9 Å². The third kappa shape index (κ3) is 2.95. The van der Waals surface area contributed by atoms with E-state index >= 15 is 0 Å². The summed E-state index contributed by atoms with van der Waals surface area (Å²) in [5.74, 6) is 0.590. The highest BCUT2D eigenvalue weighted by Gasteiger charge is 2.16. The molecule has 0 unspecified atom stereocenters. The van der Waals surface area contributed by atoms with Crippen LogP contribution in [0.1, 0.15) is 10.4 Å². The first-order chi connectivity index (χ1) is 9.51. The highest BCUT2D eigenvalue weighted by atomic mass is 35.5. The number of carbonyl (C=O) groups is 1. The Morgan fingerprint density at radius 1 is 1.20 bits per heavy atom. The van der Waals surface area contributed by atoms with E-state index in [1.54, 1.807) is 31.4 Å². The summed E-state index contributed by atoms with van der Waals surface area (Å²) < 4.78 is 10.7. The Balaban J connectivity index is 2.44. The number of hydrogen-bond donors (Lipinski definition) is 2. The summed E-state index contributed by atoms with van der Waals surface area (Å²) in [6.07, 6.45) is 0. The average Bonchev–Trinajstić information content (AvgIpc) is 2.41. The van der Waals surface area contributed by atoms with E-state index in [-0.39, 0.29) is 16.3 Å². The maximum Gasteiger partial charge on any atom is 0.252 e. The van der Waals surface area contributed by atoms with Gasteiger partial charge in [-0.3, -0.25) is 4.79 Å². The van der Waals surface area contributed by atoms with Crippen LogP contribution in [0.15, 0.2) is 36.4 Å². The minimum absolute atomic E-state index is 0.123. The highest BCUT2D eigenvalue weighted by molar-refractivity contribution is 6.33. The maximum atomic E-state index is 11.4. The lowest BCUT2D eigenvalue weighted by molar-refractivity contribution is 0.0998. The van der Waals surface area contributed by atoms with Gasteiger partial charge in [0.2, 0.25) is 0 Å². The maximum absolute atomic E-state index is 11.4. The second kappa shape index (κ2) is 5.71. The molecular formula is C14H13ClN2O3. The van der Waals surface area contributed by atoms with E-state index in [1.165, 1.54) is 12.1 Å². The van der Waals surface area contributed by atoms with Gasteiger partial charge in [-0.05, 0) is 24.3 Å². The molecule has 2 rings (SSSR count). The van der Waals surface area contributed by atoms with Crippen LogP contribution in [0.25, 0.3) is 0 Å². The summed E-state index contributed by atoms with van der Waals surface area (Å²) in [5, 5.41) is 0.210. The van der Waals surface area contributed by atoms with Crippen LogP contribution in [-0.2, 0) is 0 Å². The average molecular weight is 293 g/mol. The fourth-order valence-corrected chi connectivity index (χ4v) is 1.95. The number of nitrogen functional groups attached to an aromatic ring is 1. The number of nitrogens with two attached hydrogens (primary N) is 2. The van der Waals surface area contributed by atoms with Crippen molar-refractivity contribution < 1.29 is 14.3 Å². The fourth-order valence-electron chi connectivity index (χ4n) is 1.68. The monoisotopic (exact) mass is 292 g/mol. The molecule has 0 spiro atoms. The van der Waals surface area contributed by atoms with E-state index in [0.29, 0.717) is 17.2 Å². The van der Waals surface area contributed by atoms with E-state index in [1.807, 2.05) is 0 Å². The van der Waals surface area contributed by atoms with Crippen LogP contribution in [0.2, 0.25) is 5.02 Å². The van der Waals surface area contributed by atoms with Gasteiger partial charge in [0.25, 0.3) is 5.91 Å². The number of carbonyl (C=O) groups excluding carboxylic acids is 1. The summed E-state index contributed by atoms with van der Waals surface area (Å²) in [5.41, 5.74) is 11.4. The standard InChI is InChI=1S/C14H13ClN2O3/c1-19-9-3-2-4-10(7-9)20-13-11(14(17)18)5-8(16)6-12(13)15/h2-7H,16H2,1H3,(H2,17,18). The van der Waals surface area contributed by atoms with E-state index < -0.39 is 5.91 Å². The zero-order chi connectivity index (χ0) is 14.7. The van der Waals surface area contributed by atoms with Crippen molar-refractivity contribution in [2.45, 2.75) is 0 Å². The second-order valence-corrected chi connectivity index (χ2v) is 4.43. The van der Waals surface area contributed by atoms with Crippen LogP contribution >= 0.6 is 11.6 Å². The normalized spacial score (nSPS) is 10.1. The van der Waals surface area contributed by atoms with Crippen LogP contribution in [0.3, 0.4) is 0 Å². The Morgan fingerprint density at radius 2 is 1.90 bits per heavy atom. The van der Waals surface area contributed by atoms with Crippen LogP contribution in [0.5, 0.6) is 17.2 Å². The first-order valence-electron chi connectivity index (χ1n) is 5.72. The third-order valence-electron chi connectivity index (χ3n) is 2.59. The molecule has 0 fully saturated rings. The van der Waals surface area contributed by atoms with Gasteiger partial charge in [-0.1, -0.05) is 17.7 Å². The minimum atomic E-state index is -0.669. The molecule has 0 radical (unpaired) electrons. The predicted octanol–water partition coefficient (Wildman–Crippen LogP) is 2.82. The first-order valence-corrected chi connectivity index (χ1v) is 6.10. The van der Waals surface area contributed by atoms with Crippen molar-refractivity contribution in [1.82, 2.24) is 0 Å². The van der Waals surface area contributed by atoms with Crippen molar-refractivity contribution >= 4 is 23.2 Å². The molecule has 0 heterocycles. The smallest absolute Gasteiger partial charge is 0.252 e. The van der Waals surface area contributed by atoms with Crippen molar-refractivity contribution in [3.63, 3.8) is 0 Å². The first kappa shape index (κ1) is 14.0. The van der Waals surface area contributed by atoms with Crippen LogP contribution in [-0.4, -0.2) is 13.0 Å². The lowest BCUT2D eigenvalue weighted by atomic mass is 10.1. The Kier molecular flexibility index (Phi) is 4.00. The van der Waals surface area contributed by atoms with Gasteiger partial charge in [-0.25, -0.2) is 0 Å². The van der Waals surface area contributed by atoms with Crippen molar-refractivity contribution in [2.75, 3.05) is 12.8 Å². The molecule has 104 valence electrons. The number of amides is 1. The molecule has 0 atom stereocenters. The molecule has 0 bridgehead atoms. The van der Waals surface area contributed by atoms with Gasteiger partial charge >= 0.3 is 0 Å². The quantitative estimate of drug-likeness (QED) is 0.848. The largest absolute Gasteiger partial charge is 0.497 e. The number of primary amides is 1. The molecule has 0 aliphatic heterocycles. The summed E-state index contributed by atoms with van der Waals surface area (Å²) in [7, 11) is 1.55. The molecule has 1 amide bonds. The molecule has 20 heavy (non-hydrogen) atoms. The van der Waals surface area contributed by atoms with Gasteiger partial charge in [0.15, 0.2) is 5.75 Å². The Hall–Kier alpha value is -2.40. The number of methoxy groups -OCH3 is 1. The summed E-state index contributed by atoms with van der Waals surface area (Å²) >= 11 is 6.06. The number of rotatable bonds is 4. The topological polar surface area (TPSA) is 87.6 Å². The van der Waals surface area contributed by atoms with Crippen molar-refractivity contribution in [3.05, 3.63) is 47.0 Å². The highest BCUT2D eigenvalue weighted by Crippen LogP contribution is 2.35. The lowest BCUT2D eigenvalue weighted by Gasteiger charge is -2.12. The molecule has 0 saturated carbocycles. The molecular weight excluding hydrogens is 280 g/mol. The Bertz CT molecular complexity index is 659. The predicted molar refractivity (Wildman–Crippen MR) is 77.5 cm³/mol. The number of hydrogen-bond acceptors (Lipinski definition) is 4. The molecule has 5 nitrogen and oxygen atoms in total. The molecule has 2 aromatic carbocycles. The molecule has 0 aliphatic carbocycles. The van der Waals surface area contributed by atoms with Crippen LogP contribution in [0.4, 0.5) is 5.69 Å². The molecule has 0 aliphatic rings. The lowest BCUT2D eigenvalue weighted by Crippen LogP contribution is -2.13. The van der Waals surface area contributed by atoms with E-state index in [9.17, 15) is 4.79 Å². The molecule has 4 N–H and O–H groups in total. The summed E-state index contributed by atoms with van der Waals surface area (Å²) in [4.78, 5) is 11.4. The Morgan fingerprint density at radius 3 is 2.55 bits per heavy atom. The number of benzene rings is 2. The molecule has 0 saturated heterocycles. The zero-order valence-corrected chi connectivity index (χ0v) is 11.5. The second-order valence-electron chi connectivity index (χ2n) is 4.02. The van der Waals surface area contributed by atoms with Crippen molar-refractivity contribution in [3.8, 4) is 17.2 Å². The van der Waals surface area contributed by atoms with Gasteiger partial charge in [-0.15, -0.1) is 0 Å². The Labute approximate surface area is 121 Å². The summed E-state index contributed by atoms with van der Waals surface area (Å²) in [6, 6.07) is 9.81. The van der Waals surface area contributed by atoms with Crippen molar-refractivity contribution in [2.24, 2.45) is 5.73 Å². The molecule has 0 aromatic heterocycles. The summed E-state index contributed by atoms with van der Waals surface area (Å²) in [6.45, 7) is 0. The number of anilines is 1. The SMILES string of the molecule is COc1cccc(Oc2c(Cl)cc(N)cc2C(N)=O)c1. The minimum Gasteiger partial charge on any atom is -0.497 e. The van der Waals surface area contributed by atoms with Crippen molar-refractivity contribution in [1.29, 1.82) is 0 Å². The van der Waals surface area contributed by atoms with Crippen LogP contribution in [0, 0.1) is 0 Å². The van der Waals surface area contributed by atoms with E-state index in [0.717, 1.165) is 0 Å². The number of halogens is 1. The fraction of sp³-hybridized carbons (Fsp3) is 0.0714. The molecule has 2 aromatic rings. The van der Waals surface area contributed by atoms with E-state index in [4.69, 9.17) is 32.5 Å². The van der Waals surface area contributed by atoms with Gasteiger partial charge in [0.1, 0.15) is 11.5 Å². The molecule has 6 heteroatoms. The van der Waals surface area contributed by atoms with Gasteiger partial charge in [0, 0.05) is 11.8 Å². The van der Waals surface area contributed by atoms with Gasteiger partial charge in [-0.2, -0.15) is 0 Å². The van der Waals surface area contributed by atoms with E-state index in [2.05, 4.69) is 0 Å². The number of ether oxygens (including phenoxy) is 2. The zero-order valence-electron chi connectivity index (χ0n) is 10.7. The van der Waals surface area contributed by atoms with Gasteiger partial charge in [0.05, 0.1) is 17.7 Å². The van der Waals surface area contributed by atoms with Gasteiger partial charge < -0.3 is 20.9 Å².